The minimum absolute atomic E-state index is 0.815. The van der Waals surface area contributed by atoms with Gasteiger partial charge < -0.3 is 16.6 Å². The van der Waals surface area contributed by atoms with Crippen LogP contribution in [0.2, 0.25) is 0 Å². The maximum atomic E-state index is 10.8. The van der Waals surface area contributed by atoms with Crippen LogP contribution >= 0.6 is 11.8 Å². The molecule has 5 N–H and O–H groups in total. The molecule has 1 rings (SSSR count). The first-order chi connectivity index (χ1) is 5.48. The standard InChI is InChI=1S/C6H8N2O3S/c7-5(11)6(8)3(4(9)10)1-2-12-6/h1-3H,8H2,(H2,7,11)(H,9,10)/t3-,6-/m1/s1. The van der Waals surface area contributed by atoms with Crippen LogP contribution in [-0.4, -0.2) is 21.9 Å². The van der Waals surface area contributed by atoms with Crippen LogP contribution in [0.5, 0.6) is 0 Å². The maximum Gasteiger partial charge on any atom is 0.313 e. The van der Waals surface area contributed by atoms with E-state index in [1.165, 1.54) is 11.5 Å². The van der Waals surface area contributed by atoms with Crippen molar-refractivity contribution in [2.24, 2.45) is 17.4 Å². The van der Waals surface area contributed by atoms with Gasteiger partial charge in [-0.3, -0.25) is 9.59 Å². The molecule has 12 heavy (non-hydrogen) atoms. The van der Waals surface area contributed by atoms with Gasteiger partial charge in [-0.2, -0.15) is 0 Å². The Kier molecular flexibility index (Phi) is 2.12. The van der Waals surface area contributed by atoms with E-state index in [1.54, 1.807) is 0 Å². The molecule has 0 saturated heterocycles. The Morgan fingerprint density at radius 3 is 2.50 bits per heavy atom. The highest BCUT2D eigenvalue weighted by Crippen LogP contribution is 2.36. The quantitative estimate of drug-likeness (QED) is 0.520. The average Bonchev–Trinajstić information content (AvgIpc) is 2.32. The monoisotopic (exact) mass is 188 g/mol. The number of aliphatic carboxylic acids is 1. The lowest BCUT2D eigenvalue weighted by atomic mass is 10.00. The van der Waals surface area contributed by atoms with E-state index in [1.807, 2.05) is 0 Å². The van der Waals surface area contributed by atoms with E-state index < -0.39 is 22.7 Å². The van der Waals surface area contributed by atoms with Crippen molar-refractivity contribution in [3.63, 3.8) is 0 Å². The number of hydrogen-bond acceptors (Lipinski definition) is 4. The fourth-order valence-electron chi connectivity index (χ4n) is 0.924. The second-order valence-electron chi connectivity index (χ2n) is 2.42. The van der Waals surface area contributed by atoms with Crippen molar-refractivity contribution in [1.29, 1.82) is 0 Å². The summed E-state index contributed by atoms with van der Waals surface area (Å²) in [5.41, 5.74) is 10.5. The first-order valence-corrected chi connectivity index (χ1v) is 4.02. The predicted octanol–water partition coefficient (Wildman–Crippen LogP) is -0.912. The zero-order chi connectivity index (χ0) is 9.35. The van der Waals surface area contributed by atoms with E-state index in [2.05, 4.69) is 0 Å². The lowest BCUT2D eigenvalue weighted by Crippen LogP contribution is -2.54. The highest BCUT2D eigenvalue weighted by molar-refractivity contribution is 8.04. The minimum atomic E-state index is -1.52. The van der Waals surface area contributed by atoms with Gasteiger partial charge in [0, 0.05) is 0 Å². The largest absolute Gasteiger partial charge is 0.481 e. The number of rotatable bonds is 2. The summed E-state index contributed by atoms with van der Waals surface area (Å²) in [6.07, 6.45) is 1.36. The molecule has 0 aliphatic carbocycles. The van der Waals surface area contributed by atoms with E-state index in [4.69, 9.17) is 16.6 Å². The smallest absolute Gasteiger partial charge is 0.313 e. The van der Waals surface area contributed by atoms with Crippen molar-refractivity contribution < 1.29 is 14.7 Å². The Bertz CT molecular complexity index is 266. The van der Waals surface area contributed by atoms with Crippen LogP contribution in [0.25, 0.3) is 0 Å². The van der Waals surface area contributed by atoms with Gasteiger partial charge in [-0.05, 0) is 5.41 Å². The maximum absolute atomic E-state index is 10.8. The number of primary amides is 1. The first-order valence-electron chi connectivity index (χ1n) is 3.14. The topological polar surface area (TPSA) is 106 Å². The highest BCUT2D eigenvalue weighted by Gasteiger charge is 2.46. The van der Waals surface area contributed by atoms with Gasteiger partial charge in [0.1, 0.15) is 5.92 Å². The first kappa shape index (κ1) is 9.08. The van der Waals surface area contributed by atoms with Gasteiger partial charge in [0.25, 0.3) is 0 Å². The van der Waals surface area contributed by atoms with Crippen LogP contribution in [0.4, 0.5) is 0 Å². The fourth-order valence-corrected chi connectivity index (χ4v) is 1.83. The van der Waals surface area contributed by atoms with Gasteiger partial charge in [0.05, 0.1) is 0 Å². The third kappa shape index (κ3) is 1.19. The lowest BCUT2D eigenvalue weighted by Gasteiger charge is -2.23. The molecule has 1 heterocycles. The van der Waals surface area contributed by atoms with E-state index in [0.717, 1.165) is 11.8 Å². The zero-order valence-electron chi connectivity index (χ0n) is 6.06. The molecule has 0 aromatic carbocycles. The summed E-state index contributed by atoms with van der Waals surface area (Å²) >= 11 is 0.931. The normalized spacial score (nSPS) is 33.6. The number of thioether (sulfide) groups is 1. The Morgan fingerprint density at radius 1 is 1.58 bits per heavy atom. The number of carboxylic acids is 1. The average molecular weight is 188 g/mol. The summed E-state index contributed by atoms with van der Waals surface area (Å²) in [7, 11) is 0. The van der Waals surface area contributed by atoms with Crippen LogP contribution in [0.15, 0.2) is 11.5 Å². The Labute approximate surface area is 72.8 Å². The van der Waals surface area contributed by atoms with Crippen LogP contribution in [-0.2, 0) is 9.59 Å². The fraction of sp³-hybridized carbons (Fsp3) is 0.333. The molecule has 0 fully saturated rings. The number of nitrogens with two attached hydrogens (primary N) is 2. The second kappa shape index (κ2) is 2.80. The van der Waals surface area contributed by atoms with Crippen LogP contribution < -0.4 is 11.5 Å². The molecule has 0 aromatic rings. The number of carboxylic acid groups (broad SMARTS) is 1. The minimum Gasteiger partial charge on any atom is -0.481 e. The number of carbonyl (C=O) groups is 2. The molecule has 0 bridgehead atoms. The van der Waals surface area contributed by atoms with E-state index >= 15 is 0 Å². The zero-order valence-corrected chi connectivity index (χ0v) is 6.88. The molecule has 0 saturated carbocycles. The summed E-state index contributed by atoms with van der Waals surface area (Å²) in [6.45, 7) is 0. The van der Waals surface area contributed by atoms with Gasteiger partial charge in [-0.1, -0.05) is 6.08 Å². The van der Waals surface area contributed by atoms with E-state index in [-0.39, 0.29) is 0 Å². The Balaban J connectivity index is 2.94. The van der Waals surface area contributed by atoms with Crippen molar-refractivity contribution in [3.8, 4) is 0 Å². The molecular formula is C6H8N2O3S. The Hall–Kier alpha value is -1.01. The summed E-state index contributed by atoms with van der Waals surface area (Å²) in [5, 5.41) is 10.1. The third-order valence-corrected chi connectivity index (χ3v) is 2.79. The third-order valence-electron chi connectivity index (χ3n) is 1.65. The molecule has 0 radical (unpaired) electrons. The number of hydrogen-bond donors (Lipinski definition) is 3. The van der Waals surface area contributed by atoms with Gasteiger partial charge in [-0.15, -0.1) is 11.8 Å². The highest BCUT2D eigenvalue weighted by atomic mass is 32.2. The predicted molar refractivity (Wildman–Crippen MR) is 44.0 cm³/mol. The van der Waals surface area contributed by atoms with Gasteiger partial charge in [-0.25, -0.2) is 0 Å². The lowest BCUT2D eigenvalue weighted by molar-refractivity contribution is -0.143. The van der Waals surface area contributed by atoms with Crippen LogP contribution in [0, 0.1) is 5.92 Å². The van der Waals surface area contributed by atoms with Gasteiger partial charge in [0.15, 0.2) is 4.87 Å². The SMILES string of the molecule is NC(=O)[C@]1(N)SC=C[C@@H]1C(=O)O. The summed E-state index contributed by atoms with van der Waals surface area (Å²) in [4.78, 5) is 19.9. The second-order valence-corrected chi connectivity index (χ2v) is 3.60. The van der Waals surface area contributed by atoms with Crippen molar-refractivity contribution in [1.82, 2.24) is 0 Å². The molecule has 1 aliphatic heterocycles. The molecule has 1 amide bonds. The van der Waals surface area contributed by atoms with Crippen molar-refractivity contribution in [2.75, 3.05) is 0 Å². The molecule has 2 atom stereocenters. The summed E-state index contributed by atoms with van der Waals surface area (Å²) in [5.74, 6) is -2.98. The molecule has 0 unspecified atom stereocenters. The Morgan fingerprint density at radius 2 is 2.17 bits per heavy atom. The van der Waals surface area contributed by atoms with E-state index in [9.17, 15) is 9.59 Å². The van der Waals surface area contributed by atoms with Crippen molar-refractivity contribution in [2.45, 2.75) is 4.87 Å². The van der Waals surface area contributed by atoms with Crippen LogP contribution in [0.1, 0.15) is 0 Å². The number of amides is 1. The van der Waals surface area contributed by atoms with E-state index in [0.29, 0.717) is 0 Å². The molecule has 66 valence electrons. The van der Waals surface area contributed by atoms with Gasteiger partial charge >= 0.3 is 5.97 Å². The molecule has 0 aromatic heterocycles. The van der Waals surface area contributed by atoms with Gasteiger partial charge in [0.2, 0.25) is 5.91 Å². The molecular weight excluding hydrogens is 180 g/mol. The number of carbonyl (C=O) groups excluding carboxylic acids is 1. The summed E-state index contributed by atoms with van der Waals surface area (Å²) < 4.78 is 0. The molecule has 0 spiro atoms. The summed E-state index contributed by atoms with van der Waals surface area (Å²) in [6, 6.07) is 0. The molecule has 1 aliphatic rings. The van der Waals surface area contributed by atoms with Crippen molar-refractivity contribution >= 4 is 23.6 Å². The van der Waals surface area contributed by atoms with Crippen LogP contribution in [0.3, 0.4) is 0 Å². The molecule has 5 nitrogen and oxygen atoms in total. The molecule has 6 heteroatoms. The van der Waals surface area contributed by atoms with Crippen molar-refractivity contribution in [3.05, 3.63) is 11.5 Å².